The predicted octanol–water partition coefficient (Wildman–Crippen LogP) is 0.102. The SMILES string of the molecule is Cl.O=C(NCCN1C(=O)Cc2ccccc21)C1CNCCO1. The van der Waals surface area contributed by atoms with Crippen molar-refractivity contribution >= 4 is 29.9 Å². The molecular formula is C15H20ClN3O3. The smallest absolute Gasteiger partial charge is 0.250 e. The van der Waals surface area contributed by atoms with Gasteiger partial charge in [0.1, 0.15) is 6.10 Å². The van der Waals surface area contributed by atoms with Gasteiger partial charge in [0, 0.05) is 31.9 Å². The zero-order valence-corrected chi connectivity index (χ0v) is 13.0. The minimum Gasteiger partial charge on any atom is -0.366 e. The topological polar surface area (TPSA) is 70.7 Å². The van der Waals surface area contributed by atoms with Crippen molar-refractivity contribution in [1.82, 2.24) is 10.6 Å². The van der Waals surface area contributed by atoms with E-state index in [4.69, 9.17) is 4.74 Å². The maximum absolute atomic E-state index is 12.0. The first-order valence-corrected chi connectivity index (χ1v) is 7.24. The van der Waals surface area contributed by atoms with Gasteiger partial charge in [0.25, 0.3) is 5.91 Å². The van der Waals surface area contributed by atoms with Crippen LogP contribution in [0, 0.1) is 0 Å². The van der Waals surface area contributed by atoms with E-state index in [0.29, 0.717) is 32.7 Å². The Morgan fingerprint density at radius 3 is 3.00 bits per heavy atom. The summed E-state index contributed by atoms with van der Waals surface area (Å²) in [5.41, 5.74) is 2.00. The minimum absolute atomic E-state index is 0. The van der Waals surface area contributed by atoms with Crippen molar-refractivity contribution in [2.45, 2.75) is 12.5 Å². The standard InChI is InChI=1S/C15H19N3O3.ClH/c19-14-9-11-3-1-2-4-12(11)18(14)7-5-17-15(20)13-10-16-6-8-21-13;/h1-4,13,16H,5-10H2,(H,17,20);1H. The number of para-hydroxylation sites is 1. The van der Waals surface area contributed by atoms with Gasteiger partial charge in [-0.15, -0.1) is 12.4 Å². The molecule has 1 unspecified atom stereocenters. The third kappa shape index (κ3) is 3.58. The van der Waals surface area contributed by atoms with Crippen molar-refractivity contribution in [3.05, 3.63) is 29.8 Å². The zero-order chi connectivity index (χ0) is 14.7. The number of hydrogen-bond donors (Lipinski definition) is 2. The number of rotatable bonds is 4. The monoisotopic (exact) mass is 325 g/mol. The van der Waals surface area contributed by atoms with Gasteiger partial charge >= 0.3 is 0 Å². The normalized spacial score (nSPS) is 20.3. The molecule has 2 aliphatic rings. The third-order valence-electron chi connectivity index (χ3n) is 3.78. The Morgan fingerprint density at radius 1 is 1.41 bits per heavy atom. The van der Waals surface area contributed by atoms with Crippen molar-refractivity contribution in [2.75, 3.05) is 37.7 Å². The number of carbonyl (C=O) groups is 2. The molecule has 1 aromatic rings. The predicted molar refractivity (Wildman–Crippen MR) is 85.4 cm³/mol. The number of nitrogens with zero attached hydrogens (tertiary/aromatic N) is 1. The Morgan fingerprint density at radius 2 is 2.23 bits per heavy atom. The van der Waals surface area contributed by atoms with Crippen LogP contribution < -0.4 is 15.5 Å². The molecule has 120 valence electrons. The lowest BCUT2D eigenvalue weighted by Gasteiger charge is -2.23. The van der Waals surface area contributed by atoms with Crippen LogP contribution in [0.1, 0.15) is 5.56 Å². The Labute approximate surface area is 135 Å². The van der Waals surface area contributed by atoms with Crippen LogP contribution >= 0.6 is 12.4 Å². The number of morpholine rings is 1. The molecule has 0 aliphatic carbocycles. The van der Waals surface area contributed by atoms with Gasteiger partial charge in [-0.3, -0.25) is 9.59 Å². The van der Waals surface area contributed by atoms with E-state index in [2.05, 4.69) is 10.6 Å². The molecule has 2 heterocycles. The van der Waals surface area contributed by atoms with Gasteiger partial charge in [-0.05, 0) is 11.6 Å². The highest BCUT2D eigenvalue weighted by Gasteiger charge is 2.27. The van der Waals surface area contributed by atoms with Gasteiger partial charge in [-0.2, -0.15) is 0 Å². The molecule has 22 heavy (non-hydrogen) atoms. The highest BCUT2D eigenvalue weighted by atomic mass is 35.5. The van der Waals surface area contributed by atoms with Crippen molar-refractivity contribution in [2.24, 2.45) is 0 Å². The molecule has 3 rings (SSSR count). The van der Waals surface area contributed by atoms with Crippen LogP contribution in [0.4, 0.5) is 5.69 Å². The van der Waals surface area contributed by atoms with Crippen LogP contribution in [-0.4, -0.2) is 50.7 Å². The summed E-state index contributed by atoms with van der Waals surface area (Å²) >= 11 is 0. The van der Waals surface area contributed by atoms with Crippen LogP contribution in [0.3, 0.4) is 0 Å². The maximum atomic E-state index is 12.0. The van der Waals surface area contributed by atoms with Crippen LogP contribution in [0.25, 0.3) is 0 Å². The molecule has 0 aromatic heterocycles. The molecule has 7 heteroatoms. The summed E-state index contributed by atoms with van der Waals surface area (Å²) in [5.74, 6) is -0.0387. The molecular weight excluding hydrogens is 306 g/mol. The summed E-state index contributed by atoms with van der Waals surface area (Å²) in [5, 5.41) is 5.95. The van der Waals surface area contributed by atoms with Crippen LogP contribution in [0.15, 0.2) is 24.3 Å². The fraction of sp³-hybridized carbons (Fsp3) is 0.467. The number of nitrogens with one attached hydrogen (secondary N) is 2. The number of ether oxygens (including phenoxy) is 1. The van der Waals surface area contributed by atoms with Crippen LogP contribution in [0.5, 0.6) is 0 Å². The summed E-state index contributed by atoms with van der Waals surface area (Å²) in [4.78, 5) is 25.6. The lowest BCUT2D eigenvalue weighted by molar-refractivity contribution is -0.134. The van der Waals surface area contributed by atoms with Gasteiger partial charge < -0.3 is 20.3 Å². The molecule has 1 fully saturated rings. The molecule has 2 N–H and O–H groups in total. The second kappa shape index (κ2) is 7.58. The minimum atomic E-state index is -0.430. The van der Waals surface area contributed by atoms with Gasteiger partial charge in [-0.1, -0.05) is 18.2 Å². The lowest BCUT2D eigenvalue weighted by Crippen LogP contribution is -2.49. The first-order chi connectivity index (χ1) is 10.3. The number of halogens is 1. The number of carbonyl (C=O) groups excluding carboxylic acids is 2. The van der Waals surface area contributed by atoms with E-state index < -0.39 is 6.10 Å². The summed E-state index contributed by atoms with van der Waals surface area (Å²) in [6.07, 6.45) is 0.0140. The summed E-state index contributed by atoms with van der Waals surface area (Å²) in [6.45, 7) is 2.79. The van der Waals surface area contributed by atoms with Gasteiger partial charge in [0.05, 0.1) is 13.0 Å². The molecule has 1 aromatic carbocycles. The molecule has 0 saturated carbocycles. The number of amides is 2. The molecule has 2 aliphatic heterocycles. The average molecular weight is 326 g/mol. The van der Waals surface area contributed by atoms with Crippen molar-refractivity contribution in [1.29, 1.82) is 0 Å². The highest BCUT2D eigenvalue weighted by molar-refractivity contribution is 6.01. The van der Waals surface area contributed by atoms with Crippen molar-refractivity contribution < 1.29 is 14.3 Å². The fourth-order valence-corrected chi connectivity index (χ4v) is 2.70. The van der Waals surface area contributed by atoms with E-state index in [-0.39, 0.29) is 24.2 Å². The Hall–Kier alpha value is -1.63. The molecule has 2 amide bonds. The maximum Gasteiger partial charge on any atom is 0.250 e. The van der Waals surface area contributed by atoms with Gasteiger partial charge in [0.2, 0.25) is 5.91 Å². The molecule has 0 spiro atoms. The molecule has 1 atom stereocenters. The van der Waals surface area contributed by atoms with E-state index in [1.807, 2.05) is 24.3 Å². The van der Waals surface area contributed by atoms with Crippen molar-refractivity contribution in [3.63, 3.8) is 0 Å². The summed E-state index contributed by atoms with van der Waals surface area (Å²) in [7, 11) is 0. The van der Waals surface area contributed by atoms with E-state index in [1.165, 1.54) is 0 Å². The number of benzene rings is 1. The third-order valence-corrected chi connectivity index (χ3v) is 3.78. The Bertz CT molecular complexity index is 547. The second-order valence-corrected chi connectivity index (χ2v) is 5.21. The molecule has 0 bridgehead atoms. The largest absolute Gasteiger partial charge is 0.366 e. The van der Waals surface area contributed by atoms with Crippen LogP contribution in [0.2, 0.25) is 0 Å². The summed E-state index contributed by atoms with van der Waals surface area (Å²) < 4.78 is 5.38. The van der Waals surface area contributed by atoms with Crippen molar-refractivity contribution in [3.8, 4) is 0 Å². The number of anilines is 1. The zero-order valence-electron chi connectivity index (χ0n) is 12.2. The Balaban J connectivity index is 0.00000176. The summed E-state index contributed by atoms with van der Waals surface area (Å²) in [6, 6.07) is 7.76. The Kier molecular flexibility index (Phi) is 5.76. The molecule has 1 saturated heterocycles. The first-order valence-electron chi connectivity index (χ1n) is 7.24. The quantitative estimate of drug-likeness (QED) is 0.824. The number of hydrogen-bond acceptors (Lipinski definition) is 4. The molecule has 6 nitrogen and oxygen atoms in total. The lowest BCUT2D eigenvalue weighted by atomic mass is 10.2. The molecule has 0 radical (unpaired) electrons. The number of fused-ring (bicyclic) bond motifs is 1. The van der Waals surface area contributed by atoms with E-state index in [1.54, 1.807) is 4.90 Å². The van der Waals surface area contributed by atoms with Gasteiger partial charge in [-0.25, -0.2) is 0 Å². The van der Waals surface area contributed by atoms with Crippen LogP contribution in [-0.2, 0) is 20.7 Å². The average Bonchev–Trinajstić information content (AvgIpc) is 2.84. The highest BCUT2D eigenvalue weighted by Crippen LogP contribution is 2.27. The van der Waals surface area contributed by atoms with E-state index in [9.17, 15) is 9.59 Å². The van der Waals surface area contributed by atoms with E-state index in [0.717, 1.165) is 17.8 Å². The van der Waals surface area contributed by atoms with E-state index >= 15 is 0 Å². The van der Waals surface area contributed by atoms with Gasteiger partial charge in [0.15, 0.2) is 0 Å². The fourth-order valence-electron chi connectivity index (χ4n) is 2.70. The second-order valence-electron chi connectivity index (χ2n) is 5.21. The first kappa shape index (κ1) is 16.7.